The maximum absolute atomic E-state index is 12.5. The van der Waals surface area contributed by atoms with Gasteiger partial charge in [-0.25, -0.2) is 4.79 Å². The maximum atomic E-state index is 12.5. The van der Waals surface area contributed by atoms with Crippen LogP contribution >= 0.6 is 0 Å². The van der Waals surface area contributed by atoms with Gasteiger partial charge < -0.3 is 9.47 Å². The monoisotopic (exact) mass is 452 g/mol. The fourth-order valence-corrected chi connectivity index (χ4v) is 4.58. The molecule has 32 heavy (non-hydrogen) atoms. The molecule has 2 atom stereocenters. The number of carbonyl (C=O) groups excluding carboxylic acids is 2. The van der Waals surface area contributed by atoms with Crippen molar-refractivity contribution < 1.29 is 19.1 Å². The Morgan fingerprint density at radius 2 is 1.34 bits per heavy atom. The Labute approximate surface area is 198 Å². The molecule has 1 heterocycles. The summed E-state index contributed by atoms with van der Waals surface area (Å²) in [4.78, 5) is 25.0. The summed E-state index contributed by atoms with van der Waals surface area (Å²) < 4.78 is 11.4. The minimum absolute atomic E-state index is 0.241. The quantitative estimate of drug-likeness (QED) is 0.130. The first-order chi connectivity index (χ1) is 15.5. The molecule has 1 aliphatic rings. The molecule has 0 bridgehead atoms. The molecule has 4 heteroatoms. The van der Waals surface area contributed by atoms with Crippen molar-refractivity contribution in [1.29, 1.82) is 0 Å². The molecule has 0 aromatic rings. The molecule has 0 spiro atoms. The number of hydrogen-bond donors (Lipinski definition) is 0. The number of rotatable bonds is 21. The number of esters is 2. The van der Waals surface area contributed by atoms with Crippen LogP contribution in [0.3, 0.4) is 0 Å². The van der Waals surface area contributed by atoms with Crippen molar-refractivity contribution in [3.05, 3.63) is 0 Å². The molecular weight excluding hydrogens is 400 g/mol. The maximum Gasteiger partial charge on any atom is 0.355 e. The van der Waals surface area contributed by atoms with Crippen molar-refractivity contribution in [3.8, 4) is 0 Å². The molecule has 0 amide bonds. The molecule has 1 rings (SSSR count). The number of ether oxygens (including phenoxy) is 2. The lowest BCUT2D eigenvalue weighted by atomic mass is 9.82. The highest BCUT2D eigenvalue weighted by atomic mass is 16.7. The molecule has 1 saturated heterocycles. The van der Waals surface area contributed by atoms with E-state index in [1.807, 2.05) is 0 Å². The Morgan fingerprint density at radius 1 is 0.844 bits per heavy atom. The highest BCUT2D eigenvalue weighted by Crippen LogP contribution is 2.40. The van der Waals surface area contributed by atoms with Crippen LogP contribution in [0.25, 0.3) is 0 Å². The minimum Gasteiger partial charge on any atom is -0.454 e. The topological polar surface area (TPSA) is 52.6 Å². The SMILES string of the molecule is CCCCCCCCCCCCCC1OC(=O)[C@@]1(CCCCCC)OC(=O)CCC(C)C. The molecule has 0 saturated carbocycles. The van der Waals surface area contributed by atoms with Crippen LogP contribution in [0.5, 0.6) is 0 Å². The minimum atomic E-state index is -1.01. The van der Waals surface area contributed by atoms with Gasteiger partial charge >= 0.3 is 11.9 Å². The van der Waals surface area contributed by atoms with Crippen molar-refractivity contribution in [1.82, 2.24) is 0 Å². The zero-order valence-corrected chi connectivity index (χ0v) is 21.7. The molecule has 1 fully saturated rings. The number of carbonyl (C=O) groups is 2. The predicted molar refractivity (Wildman–Crippen MR) is 133 cm³/mol. The van der Waals surface area contributed by atoms with E-state index in [4.69, 9.17) is 9.47 Å². The van der Waals surface area contributed by atoms with E-state index in [0.29, 0.717) is 18.8 Å². The van der Waals surface area contributed by atoms with Crippen molar-refractivity contribution in [2.24, 2.45) is 5.92 Å². The van der Waals surface area contributed by atoms with Gasteiger partial charge in [0, 0.05) is 12.8 Å². The Kier molecular flexibility index (Phi) is 15.8. The van der Waals surface area contributed by atoms with Crippen LogP contribution in [-0.4, -0.2) is 23.6 Å². The summed E-state index contributed by atoms with van der Waals surface area (Å²) in [6.07, 6.45) is 20.9. The second-order valence-electron chi connectivity index (χ2n) is 10.3. The molecule has 0 aromatic carbocycles. The van der Waals surface area contributed by atoms with Gasteiger partial charge in [-0.1, -0.05) is 111 Å². The summed E-state index contributed by atoms with van der Waals surface area (Å²) in [6.45, 7) is 8.63. The van der Waals surface area contributed by atoms with Gasteiger partial charge in [-0.15, -0.1) is 0 Å². The summed E-state index contributed by atoms with van der Waals surface area (Å²) >= 11 is 0. The van der Waals surface area contributed by atoms with Crippen LogP contribution in [-0.2, 0) is 19.1 Å². The fraction of sp³-hybridized carbons (Fsp3) is 0.929. The van der Waals surface area contributed by atoms with E-state index in [2.05, 4.69) is 27.7 Å². The number of unbranched alkanes of at least 4 members (excludes halogenated alkanes) is 13. The molecule has 0 N–H and O–H groups in total. The van der Waals surface area contributed by atoms with Crippen LogP contribution < -0.4 is 0 Å². The average Bonchev–Trinajstić information content (AvgIpc) is 2.77. The first-order valence-corrected chi connectivity index (χ1v) is 13.9. The standard InChI is InChI=1S/C28H52O4/c1-5-7-9-11-12-13-14-15-16-17-18-20-25-28(27(30)31-25,23-19-10-8-6-2)32-26(29)22-21-24(3)4/h24-25H,5-23H2,1-4H3/t25?,28-/m0/s1. The highest BCUT2D eigenvalue weighted by molar-refractivity contribution is 5.89. The van der Waals surface area contributed by atoms with Crippen molar-refractivity contribution in [3.63, 3.8) is 0 Å². The molecule has 1 unspecified atom stereocenters. The van der Waals surface area contributed by atoms with E-state index in [0.717, 1.165) is 51.4 Å². The molecule has 188 valence electrons. The zero-order chi connectivity index (χ0) is 23.7. The highest BCUT2D eigenvalue weighted by Gasteiger charge is 2.60. The molecule has 0 radical (unpaired) electrons. The van der Waals surface area contributed by atoms with Crippen LogP contribution in [0.2, 0.25) is 0 Å². The zero-order valence-electron chi connectivity index (χ0n) is 21.7. The summed E-state index contributed by atoms with van der Waals surface area (Å²) in [6, 6.07) is 0. The summed E-state index contributed by atoms with van der Waals surface area (Å²) in [5.74, 6) is -0.113. The molecular formula is C28H52O4. The first kappa shape index (κ1) is 29.0. The largest absolute Gasteiger partial charge is 0.454 e. The smallest absolute Gasteiger partial charge is 0.355 e. The lowest BCUT2D eigenvalue weighted by Crippen LogP contribution is -2.65. The normalized spacial score (nSPS) is 20.3. The second kappa shape index (κ2) is 17.4. The van der Waals surface area contributed by atoms with Gasteiger partial charge in [0.05, 0.1) is 0 Å². The predicted octanol–water partition coefficient (Wildman–Crippen LogP) is 8.30. The average molecular weight is 453 g/mol. The lowest BCUT2D eigenvalue weighted by Gasteiger charge is -2.46. The Hall–Kier alpha value is -1.06. The van der Waals surface area contributed by atoms with E-state index in [-0.39, 0.29) is 18.0 Å². The Bertz CT molecular complexity index is 502. The van der Waals surface area contributed by atoms with Crippen LogP contribution in [0, 0.1) is 5.92 Å². The molecule has 0 aliphatic carbocycles. The van der Waals surface area contributed by atoms with E-state index in [1.165, 1.54) is 57.8 Å². The van der Waals surface area contributed by atoms with E-state index in [9.17, 15) is 9.59 Å². The Balaban J connectivity index is 2.36. The second-order valence-corrected chi connectivity index (χ2v) is 10.3. The van der Waals surface area contributed by atoms with E-state index in [1.54, 1.807) is 0 Å². The van der Waals surface area contributed by atoms with Crippen molar-refractivity contribution >= 4 is 11.9 Å². The number of hydrogen-bond acceptors (Lipinski definition) is 4. The molecule has 1 aliphatic heterocycles. The third-order valence-electron chi connectivity index (χ3n) is 6.81. The van der Waals surface area contributed by atoms with Gasteiger partial charge in [0.25, 0.3) is 0 Å². The van der Waals surface area contributed by atoms with Gasteiger partial charge in [-0.2, -0.15) is 0 Å². The Morgan fingerprint density at radius 3 is 1.84 bits per heavy atom. The van der Waals surface area contributed by atoms with Crippen LogP contribution in [0.15, 0.2) is 0 Å². The van der Waals surface area contributed by atoms with Gasteiger partial charge in [0.1, 0.15) is 0 Å². The lowest BCUT2D eigenvalue weighted by molar-refractivity contribution is -0.243. The van der Waals surface area contributed by atoms with Gasteiger partial charge in [0.15, 0.2) is 6.10 Å². The van der Waals surface area contributed by atoms with E-state index >= 15 is 0 Å². The van der Waals surface area contributed by atoms with Gasteiger partial charge in [0.2, 0.25) is 5.60 Å². The van der Waals surface area contributed by atoms with Gasteiger partial charge in [-0.05, 0) is 31.6 Å². The van der Waals surface area contributed by atoms with Crippen LogP contribution in [0.1, 0.15) is 150 Å². The van der Waals surface area contributed by atoms with Crippen molar-refractivity contribution in [2.45, 2.75) is 161 Å². The third kappa shape index (κ3) is 11.2. The van der Waals surface area contributed by atoms with Gasteiger partial charge in [-0.3, -0.25) is 4.79 Å². The number of cyclic esters (lactones) is 1. The summed E-state index contributed by atoms with van der Waals surface area (Å²) in [7, 11) is 0. The molecule has 0 aromatic heterocycles. The van der Waals surface area contributed by atoms with Crippen molar-refractivity contribution in [2.75, 3.05) is 0 Å². The summed E-state index contributed by atoms with van der Waals surface area (Å²) in [5.41, 5.74) is -1.01. The third-order valence-corrected chi connectivity index (χ3v) is 6.81. The fourth-order valence-electron chi connectivity index (χ4n) is 4.58. The first-order valence-electron chi connectivity index (χ1n) is 13.9. The van der Waals surface area contributed by atoms with E-state index < -0.39 is 5.60 Å². The molecule has 4 nitrogen and oxygen atoms in total. The summed E-state index contributed by atoms with van der Waals surface area (Å²) in [5, 5.41) is 0. The van der Waals surface area contributed by atoms with Crippen LogP contribution in [0.4, 0.5) is 0 Å².